The molecule has 0 aromatic heterocycles. The van der Waals surface area contributed by atoms with Crippen LogP contribution in [0.3, 0.4) is 0 Å². The van der Waals surface area contributed by atoms with Crippen molar-refractivity contribution in [2.24, 2.45) is 10.7 Å². The minimum Gasteiger partial charge on any atom is -0.383 e. The SMILES string of the molecule is CCCCCCCCOCCCN=C(N)NC(C)COC.I. The van der Waals surface area contributed by atoms with Crippen LogP contribution in [0.1, 0.15) is 58.8 Å². The molecule has 0 saturated carbocycles. The molecule has 0 aliphatic heterocycles. The number of nitrogens with one attached hydrogen (secondary N) is 1. The fraction of sp³-hybridized carbons (Fsp3) is 0.938. The van der Waals surface area contributed by atoms with Crippen LogP contribution in [-0.4, -0.2) is 45.5 Å². The van der Waals surface area contributed by atoms with Crippen molar-refractivity contribution in [1.29, 1.82) is 0 Å². The van der Waals surface area contributed by atoms with Gasteiger partial charge >= 0.3 is 0 Å². The molecule has 22 heavy (non-hydrogen) atoms. The number of nitrogens with zero attached hydrogens (tertiary/aromatic N) is 1. The summed E-state index contributed by atoms with van der Waals surface area (Å²) in [6.07, 6.45) is 8.73. The van der Waals surface area contributed by atoms with Gasteiger partial charge in [-0.05, 0) is 19.8 Å². The first-order chi connectivity index (χ1) is 10.2. The molecule has 0 radical (unpaired) electrons. The number of hydrogen-bond donors (Lipinski definition) is 2. The van der Waals surface area contributed by atoms with E-state index in [0.29, 0.717) is 19.1 Å². The quantitative estimate of drug-likeness (QED) is 0.192. The third-order valence-corrected chi connectivity index (χ3v) is 3.18. The second-order valence-corrected chi connectivity index (χ2v) is 5.50. The molecule has 1 unspecified atom stereocenters. The topological polar surface area (TPSA) is 68.9 Å². The Bertz CT molecular complexity index is 254. The Morgan fingerprint density at radius 1 is 1.09 bits per heavy atom. The van der Waals surface area contributed by atoms with Gasteiger partial charge in [-0.2, -0.15) is 0 Å². The van der Waals surface area contributed by atoms with Gasteiger partial charge in [-0.25, -0.2) is 0 Å². The molecule has 0 aliphatic carbocycles. The van der Waals surface area contributed by atoms with Gasteiger partial charge in [-0.15, -0.1) is 24.0 Å². The van der Waals surface area contributed by atoms with Crippen LogP contribution in [0.15, 0.2) is 4.99 Å². The van der Waals surface area contributed by atoms with Gasteiger partial charge in [0, 0.05) is 32.9 Å². The summed E-state index contributed by atoms with van der Waals surface area (Å²) in [5, 5.41) is 3.08. The van der Waals surface area contributed by atoms with E-state index in [1.807, 2.05) is 6.92 Å². The maximum absolute atomic E-state index is 5.77. The first-order valence-corrected chi connectivity index (χ1v) is 8.33. The van der Waals surface area contributed by atoms with E-state index in [1.54, 1.807) is 7.11 Å². The molecule has 0 fully saturated rings. The van der Waals surface area contributed by atoms with Gasteiger partial charge in [-0.3, -0.25) is 4.99 Å². The van der Waals surface area contributed by atoms with Gasteiger partial charge in [-0.1, -0.05) is 39.0 Å². The zero-order valence-electron chi connectivity index (χ0n) is 14.6. The standard InChI is InChI=1S/C16H35N3O2.HI/c1-4-5-6-7-8-9-12-21-13-10-11-18-16(17)19-15(2)14-20-3;/h15H,4-14H2,1-3H3,(H3,17,18,19);1H. The summed E-state index contributed by atoms with van der Waals surface area (Å²) in [5.41, 5.74) is 5.77. The lowest BCUT2D eigenvalue weighted by atomic mass is 10.1. The van der Waals surface area contributed by atoms with Crippen molar-refractivity contribution in [1.82, 2.24) is 5.32 Å². The largest absolute Gasteiger partial charge is 0.383 e. The number of guanidine groups is 1. The van der Waals surface area contributed by atoms with Crippen molar-refractivity contribution in [3.05, 3.63) is 0 Å². The Labute approximate surface area is 153 Å². The van der Waals surface area contributed by atoms with Crippen LogP contribution < -0.4 is 11.1 Å². The molecule has 134 valence electrons. The average Bonchev–Trinajstić information content (AvgIpc) is 2.45. The summed E-state index contributed by atoms with van der Waals surface area (Å²) >= 11 is 0. The molecule has 0 spiro atoms. The number of nitrogens with two attached hydrogens (primary N) is 1. The average molecular weight is 429 g/mol. The fourth-order valence-electron chi connectivity index (χ4n) is 2.04. The molecular formula is C16H36IN3O2. The third kappa shape index (κ3) is 18.0. The summed E-state index contributed by atoms with van der Waals surface area (Å²) in [6.45, 7) is 7.21. The molecule has 0 bridgehead atoms. The summed E-state index contributed by atoms with van der Waals surface area (Å²) in [5.74, 6) is 0.482. The van der Waals surface area contributed by atoms with E-state index in [1.165, 1.54) is 38.5 Å². The number of ether oxygens (including phenoxy) is 2. The third-order valence-electron chi connectivity index (χ3n) is 3.18. The van der Waals surface area contributed by atoms with Crippen LogP contribution in [0, 0.1) is 0 Å². The maximum Gasteiger partial charge on any atom is 0.188 e. The molecule has 6 heteroatoms. The van der Waals surface area contributed by atoms with Gasteiger partial charge < -0.3 is 20.5 Å². The minimum atomic E-state index is 0. The van der Waals surface area contributed by atoms with E-state index in [2.05, 4.69) is 17.2 Å². The molecule has 0 saturated heterocycles. The van der Waals surface area contributed by atoms with Gasteiger partial charge in [0.1, 0.15) is 0 Å². The van der Waals surface area contributed by atoms with E-state index in [-0.39, 0.29) is 30.0 Å². The van der Waals surface area contributed by atoms with Crippen LogP contribution in [0.25, 0.3) is 0 Å². The Kier molecular flexibility index (Phi) is 20.8. The summed E-state index contributed by atoms with van der Waals surface area (Å²) in [4.78, 5) is 4.26. The molecular weight excluding hydrogens is 393 g/mol. The fourth-order valence-corrected chi connectivity index (χ4v) is 2.04. The van der Waals surface area contributed by atoms with E-state index >= 15 is 0 Å². The molecule has 0 aromatic rings. The van der Waals surface area contributed by atoms with E-state index in [0.717, 1.165) is 19.6 Å². The normalized spacial score (nSPS) is 12.8. The highest BCUT2D eigenvalue weighted by molar-refractivity contribution is 14.0. The van der Waals surface area contributed by atoms with Crippen molar-refractivity contribution < 1.29 is 9.47 Å². The molecule has 0 amide bonds. The molecule has 0 rings (SSSR count). The highest BCUT2D eigenvalue weighted by Gasteiger charge is 2.00. The number of halogens is 1. The predicted molar refractivity (Wildman–Crippen MR) is 105 cm³/mol. The minimum absolute atomic E-state index is 0. The smallest absolute Gasteiger partial charge is 0.188 e. The molecule has 3 N–H and O–H groups in total. The summed E-state index contributed by atoms with van der Waals surface area (Å²) < 4.78 is 10.6. The van der Waals surface area contributed by atoms with Crippen LogP contribution >= 0.6 is 24.0 Å². The number of hydrogen-bond acceptors (Lipinski definition) is 3. The number of methoxy groups -OCH3 is 1. The second kappa shape index (κ2) is 19.0. The van der Waals surface area contributed by atoms with Crippen molar-refractivity contribution in [3.63, 3.8) is 0 Å². The zero-order chi connectivity index (χ0) is 15.8. The summed E-state index contributed by atoms with van der Waals surface area (Å²) in [7, 11) is 1.67. The van der Waals surface area contributed by atoms with Crippen molar-refractivity contribution in [2.45, 2.75) is 64.8 Å². The first-order valence-electron chi connectivity index (χ1n) is 8.33. The van der Waals surface area contributed by atoms with Crippen molar-refractivity contribution >= 4 is 29.9 Å². The highest BCUT2D eigenvalue weighted by Crippen LogP contribution is 2.04. The Morgan fingerprint density at radius 2 is 1.73 bits per heavy atom. The zero-order valence-corrected chi connectivity index (χ0v) is 16.9. The van der Waals surface area contributed by atoms with Gasteiger partial charge in [0.25, 0.3) is 0 Å². The Hall–Kier alpha value is -0.0800. The van der Waals surface area contributed by atoms with Crippen molar-refractivity contribution in [2.75, 3.05) is 33.5 Å². The van der Waals surface area contributed by atoms with Crippen LogP contribution in [0.5, 0.6) is 0 Å². The first kappa shape index (κ1) is 24.2. The molecule has 0 heterocycles. The Balaban J connectivity index is 0. The second-order valence-electron chi connectivity index (χ2n) is 5.50. The van der Waals surface area contributed by atoms with Gasteiger partial charge in [0.15, 0.2) is 5.96 Å². The highest BCUT2D eigenvalue weighted by atomic mass is 127. The molecule has 0 aliphatic rings. The van der Waals surface area contributed by atoms with Gasteiger partial charge in [0.2, 0.25) is 0 Å². The number of aliphatic imine (C=N–C) groups is 1. The van der Waals surface area contributed by atoms with E-state index in [9.17, 15) is 0 Å². The van der Waals surface area contributed by atoms with Crippen LogP contribution in [0.2, 0.25) is 0 Å². The predicted octanol–water partition coefficient (Wildman–Crippen LogP) is 3.31. The maximum atomic E-state index is 5.77. The Morgan fingerprint density at radius 3 is 2.41 bits per heavy atom. The van der Waals surface area contributed by atoms with E-state index < -0.39 is 0 Å². The van der Waals surface area contributed by atoms with Gasteiger partial charge in [0.05, 0.1) is 6.61 Å². The van der Waals surface area contributed by atoms with E-state index in [4.69, 9.17) is 15.2 Å². The molecule has 5 nitrogen and oxygen atoms in total. The lowest BCUT2D eigenvalue weighted by molar-refractivity contribution is 0.129. The summed E-state index contributed by atoms with van der Waals surface area (Å²) in [6, 6.07) is 0.183. The lowest BCUT2D eigenvalue weighted by Crippen LogP contribution is -2.40. The molecule has 0 aromatic carbocycles. The van der Waals surface area contributed by atoms with Crippen LogP contribution in [0.4, 0.5) is 0 Å². The molecule has 1 atom stereocenters. The van der Waals surface area contributed by atoms with Crippen LogP contribution in [-0.2, 0) is 9.47 Å². The van der Waals surface area contributed by atoms with Crippen molar-refractivity contribution in [3.8, 4) is 0 Å². The monoisotopic (exact) mass is 429 g/mol. The lowest BCUT2D eigenvalue weighted by Gasteiger charge is -2.12. The number of unbranched alkanes of at least 4 members (excludes halogenated alkanes) is 5. The number of rotatable bonds is 14.